The monoisotopic (exact) mass is 374 g/mol. The van der Waals surface area contributed by atoms with E-state index in [1.807, 2.05) is 54.9 Å². The second-order valence-electron chi connectivity index (χ2n) is 7.49. The first-order chi connectivity index (χ1) is 13.5. The summed E-state index contributed by atoms with van der Waals surface area (Å²) in [6.45, 7) is 6.45. The average molecular weight is 374 g/mol. The molecular formula is C23H26N4O. The molecule has 1 N–H and O–H groups in total. The van der Waals surface area contributed by atoms with E-state index in [1.54, 1.807) is 0 Å². The second kappa shape index (κ2) is 7.50. The first-order valence-electron chi connectivity index (χ1n) is 9.80. The highest BCUT2D eigenvalue weighted by Crippen LogP contribution is 2.30. The Labute approximate surface area is 166 Å². The summed E-state index contributed by atoms with van der Waals surface area (Å²) in [6.07, 6.45) is 2.13. The summed E-state index contributed by atoms with van der Waals surface area (Å²) < 4.78 is 1.88. The van der Waals surface area contributed by atoms with E-state index < -0.39 is 0 Å². The molecule has 1 amide bonds. The number of anilines is 2. The fourth-order valence-electron chi connectivity index (χ4n) is 3.98. The van der Waals surface area contributed by atoms with Gasteiger partial charge in [0.25, 0.3) is 0 Å². The minimum Gasteiger partial charge on any atom is -0.359 e. The molecular weight excluding hydrogens is 348 g/mol. The lowest BCUT2D eigenvalue weighted by Gasteiger charge is -2.36. The number of nitrogens with one attached hydrogen (secondary N) is 1. The Hall–Kier alpha value is -3.08. The van der Waals surface area contributed by atoms with E-state index >= 15 is 0 Å². The van der Waals surface area contributed by atoms with Crippen LogP contribution in [0.15, 0.2) is 54.6 Å². The molecule has 0 aliphatic carbocycles. The van der Waals surface area contributed by atoms with E-state index in [-0.39, 0.29) is 5.91 Å². The average Bonchev–Trinajstić information content (AvgIpc) is 2.99. The fraction of sp³-hybridized carbons (Fsp3) is 0.304. The normalized spacial score (nSPS) is 16.0. The molecule has 1 aromatic heterocycles. The maximum absolute atomic E-state index is 12.9. The summed E-state index contributed by atoms with van der Waals surface area (Å²) in [7, 11) is 0. The predicted molar refractivity (Wildman–Crippen MR) is 113 cm³/mol. The van der Waals surface area contributed by atoms with Gasteiger partial charge in [0.05, 0.1) is 29.3 Å². The minimum atomic E-state index is -0.0117. The van der Waals surface area contributed by atoms with Crippen molar-refractivity contribution in [2.24, 2.45) is 0 Å². The number of nitrogens with zero attached hydrogens (tertiary/aromatic N) is 3. The van der Waals surface area contributed by atoms with Gasteiger partial charge in [0, 0.05) is 11.7 Å². The standard InChI is InChI=1S/C23H26N4O/c1-16-13-14-19-9-7-8-12-21(19)26(16)15-22(28)24-23-17(2)25-27(18(23)3)20-10-5-4-6-11-20/h4-12,16H,13-15H2,1-3H3,(H,24,28). The van der Waals surface area contributed by atoms with Gasteiger partial charge in [0.1, 0.15) is 0 Å². The topological polar surface area (TPSA) is 50.2 Å². The third-order valence-electron chi connectivity index (χ3n) is 5.54. The molecule has 4 rings (SSSR count). The molecule has 0 saturated heterocycles. The molecule has 5 nitrogen and oxygen atoms in total. The molecule has 0 spiro atoms. The van der Waals surface area contributed by atoms with Crippen LogP contribution in [0.1, 0.15) is 30.3 Å². The Morgan fingerprint density at radius 3 is 2.61 bits per heavy atom. The lowest BCUT2D eigenvalue weighted by Crippen LogP contribution is -2.42. The van der Waals surface area contributed by atoms with Crippen molar-refractivity contribution in [3.05, 3.63) is 71.5 Å². The van der Waals surface area contributed by atoms with Crippen molar-refractivity contribution >= 4 is 17.3 Å². The summed E-state index contributed by atoms with van der Waals surface area (Å²) in [4.78, 5) is 15.1. The zero-order chi connectivity index (χ0) is 19.7. The summed E-state index contributed by atoms with van der Waals surface area (Å²) >= 11 is 0. The minimum absolute atomic E-state index is 0.0117. The Bertz CT molecular complexity index is 993. The second-order valence-corrected chi connectivity index (χ2v) is 7.49. The van der Waals surface area contributed by atoms with Crippen LogP contribution in [0, 0.1) is 13.8 Å². The van der Waals surface area contributed by atoms with Crippen molar-refractivity contribution in [2.75, 3.05) is 16.8 Å². The number of hydrogen-bond acceptors (Lipinski definition) is 3. The van der Waals surface area contributed by atoms with Crippen LogP contribution >= 0.6 is 0 Å². The number of benzene rings is 2. The molecule has 0 saturated carbocycles. The predicted octanol–water partition coefficient (Wildman–Crippen LogP) is 4.27. The van der Waals surface area contributed by atoms with E-state index in [4.69, 9.17) is 0 Å². The van der Waals surface area contributed by atoms with Crippen molar-refractivity contribution in [2.45, 2.75) is 39.7 Å². The summed E-state index contributed by atoms with van der Waals surface area (Å²) in [5, 5.41) is 7.72. The summed E-state index contributed by atoms with van der Waals surface area (Å²) in [5.41, 5.74) is 6.03. The first-order valence-corrected chi connectivity index (χ1v) is 9.80. The number of rotatable bonds is 4. The van der Waals surface area contributed by atoms with Crippen molar-refractivity contribution in [1.29, 1.82) is 0 Å². The Balaban J connectivity index is 1.54. The third-order valence-corrected chi connectivity index (χ3v) is 5.54. The number of aromatic nitrogens is 2. The van der Waals surface area contributed by atoms with Crippen LogP contribution < -0.4 is 10.2 Å². The van der Waals surface area contributed by atoms with Crippen LogP contribution in [-0.2, 0) is 11.2 Å². The van der Waals surface area contributed by atoms with Crippen molar-refractivity contribution in [3.8, 4) is 5.69 Å². The van der Waals surface area contributed by atoms with Gasteiger partial charge in [-0.1, -0.05) is 36.4 Å². The van der Waals surface area contributed by atoms with Gasteiger partial charge in [-0.3, -0.25) is 4.79 Å². The number of hydrogen-bond donors (Lipinski definition) is 1. The smallest absolute Gasteiger partial charge is 0.244 e. The van der Waals surface area contributed by atoms with Crippen molar-refractivity contribution < 1.29 is 4.79 Å². The SMILES string of the molecule is Cc1nn(-c2ccccc2)c(C)c1NC(=O)CN1c2ccccc2CCC1C. The maximum Gasteiger partial charge on any atom is 0.244 e. The number of carbonyl (C=O) groups is 1. The van der Waals surface area contributed by atoms with Crippen LogP contribution in [0.5, 0.6) is 0 Å². The third kappa shape index (κ3) is 3.40. The van der Waals surface area contributed by atoms with Gasteiger partial charge in [-0.05, 0) is 57.4 Å². The van der Waals surface area contributed by atoms with Gasteiger partial charge in [0.2, 0.25) is 5.91 Å². The molecule has 28 heavy (non-hydrogen) atoms. The zero-order valence-electron chi connectivity index (χ0n) is 16.6. The van der Waals surface area contributed by atoms with E-state index in [0.717, 1.165) is 35.6 Å². The Kier molecular flexibility index (Phi) is 4.90. The van der Waals surface area contributed by atoms with Gasteiger partial charge in [-0.25, -0.2) is 4.68 Å². The molecule has 1 aliphatic heterocycles. The molecule has 0 radical (unpaired) electrons. The quantitative estimate of drug-likeness (QED) is 0.742. The fourth-order valence-corrected chi connectivity index (χ4v) is 3.98. The van der Waals surface area contributed by atoms with Crippen molar-refractivity contribution in [3.63, 3.8) is 0 Å². The number of carbonyl (C=O) groups excluding carboxylic acids is 1. The molecule has 144 valence electrons. The largest absolute Gasteiger partial charge is 0.359 e. The van der Waals surface area contributed by atoms with Gasteiger partial charge in [-0.15, -0.1) is 0 Å². The lowest BCUT2D eigenvalue weighted by atomic mass is 9.96. The molecule has 2 aromatic carbocycles. The van der Waals surface area contributed by atoms with E-state index in [9.17, 15) is 4.79 Å². The molecule has 5 heteroatoms. The number of fused-ring (bicyclic) bond motifs is 1. The van der Waals surface area contributed by atoms with Crippen LogP contribution in [0.4, 0.5) is 11.4 Å². The molecule has 2 heterocycles. The summed E-state index contributed by atoms with van der Waals surface area (Å²) in [5.74, 6) is -0.0117. The number of amides is 1. The lowest BCUT2D eigenvalue weighted by molar-refractivity contribution is -0.115. The first kappa shape index (κ1) is 18.3. The van der Waals surface area contributed by atoms with Crippen LogP contribution in [-0.4, -0.2) is 28.3 Å². The van der Waals surface area contributed by atoms with Crippen LogP contribution in [0.25, 0.3) is 5.69 Å². The highest BCUT2D eigenvalue weighted by molar-refractivity contribution is 5.95. The van der Waals surface area contributed by atoms with E-state index in [1.165, 1.54) is 11.3 Å². The zero-order valence-corrected chi connectivity index (χ0v) is 16.6. The maximum atomic E-state index is 12.9. The van der Waals surface area contributed by atoms with Gasteiger partial charge in [-0.2, -0.15) is 5.10 Å². The van der Waals surface area contributed by atoms with Crippen LogP contribution in [0.2, 0.25) is 0 Å². The molecule has 0 bridgehead atoms. The number of aryl methyl sites for hydroxylation is 2. The highest BCUT2D eigenvalue weighted by atomic mass is 16.2. The molecule has 3 aromatic rings. The molecule has 1 unspecified atom stereocenters. The molecule has 1 atom stereocenters. The van der Waals surface area contributed by atoms with E-state index in [2.05, 4.69) is 40.4 Å². The highest BCUT2D eigenvalue weighted by Gasteiger charge is 2.25. The van der Waals surface area contributed by atoms with Crippen molar-refractivity contribution in [1.82, 2.24) is 9.78 Å². The van der Waals surface area contributed by atoms with Gasteiger partial charge >= 0.3 is 0 Å². The molecule has 0 fully saturated rings. The summed E-state index contributed by atoms with van der Waals surface area (Å²) in [6, 6.07) is 18.7. The molecule has 1 aliphatic rings. The Morgan fingerprint density at radius 1 is 1.11 bits per heavy atom. The Morgan fingerprint density at radius 2 is 1.82 bits per heavy atom. The van der Waals surface area contributed by atoms with Gasteiger partial charge in [0.15, 0.2) is 0 Å². The van der Waals surface area contributed by atoms with E-state index in [0.29, 0.717) is 12.6 Å². The number of para-hydroxylation sites is 2. The van der Waals surface area contributed by atoms with Crippen LogP contribution in [0.3, 0.4) is 0 Å². The van der Waals surface area contributed by atoms with Gasteiger partial charge < -0.3 is 10.2 Å².